The second-order valence-corrected chi connectivity index (χ2v) is 8.08. The molecule has 4 nitrogen and oxygen atoms in total. The summed E-state index contributed by atoms with van der Waals surface area (Å²) >= 11 is 0. The van der Waals surface area contributed by atoms with E-state index in [0.717, 1.165) is 30.6 Å². The molecule has 0 aliphatic carbocycles. The molecule has 2 aliphatic rings. The van der Waals surface area contributed by atoms with Gasteiger partial charge in [-0.05, 0) is 43.4 Å². The van der Waals surface area contributed by atoms with Crippen molar-refractivity contribution in [2.45, 2.75) is 44.3 Å². The van der Waals surface area contributed by atoms with E-state index < -0.39 is 0 Å². The van der Waals surface area contributed by atoms with Gasteiger partial charge in [0.15, 0.2) is 5.78 Å². The molecule has 1 aromatic heterocycles. The molecule has 0 amide bonds. The van der Waals surface area contributed by atoms with E-state index in [1.165, 1.54) is 18.4 Å². The van der Waals surface area contributed by atoms with E-state index >= 15 is 0 Å². The Bertz CT molecular complexity index is 936. The number of piperidine rings is 1. The minimum atomic E-state index is 0.123. The molecule has 3 heterocycles. The van der Waals surface area contributed by atoms with E-state index in [1.807, 2.05) is 36.5 Å². The Hall–Kier alpha value is -2.72. The van der Waals surface area contributed by atoms with Gasteiger partial charge in [-0.25, -0.2) is 4.68 Å². The number of hydrogen-bond acceptors (Lipinski definition) is 3. The lowest BCUT2D eigenvalue weighted by Crippen LogP contribution is -2.44. The molecule has 2 aliphatic heterocycles. The van der Waals surface area contributed by atoms with Gasteiger partial charge in [0.25, 0.3) is 0 Å². The number of carbonyl (C=O) groups is 1. The van der Waals surface area contributed by atoms with E-state index in [4.69, 9.17) is 0 Å². The highest BCUT2D eigenvalue weighted by molar-refractivity contribution is 5.97. The molecule has 2 aromatic carbocycles. The molecule has 142 valence electrons. The maximum Gasteiger partial charge on any atom is 0.169 e. The van der Waals surface area contributed by atoms with Crippen LogP contribution in [0.4, 0.5) is 0 Å². The molecular formula is C24H25N3O. The molecule has 3 aromatic rings. The summed E-state index contributed by atoms with van der Waals surface area (Å²) in [6.45, 7) is 1.00. The maximum atomic E-state index is 13.2. The molecule has 2 atom stereocenters. The molecule has 0 spiro atoms. The van der Waals surface area contributed by atoms with E-state index in [0.29, 0.717) is 12.1 Å². The van der Waals surface area contributed by atoms with E-state index in [1.54, 1.807) is 10.9 Å². The highest BCUT2D eigenvalue weighted by Crippen LogP contribution is 2.40. The highest BCUT2D eigenvalue weighted by Gasteiger charge is 2.42. The summed E-state index contributed by atoms with van der Waals surface area (Å²) in [6.07, 6.45) is 7.98. The topological polar surface area (TPSA) is 38.1 Å². The summed E-state index contributed by atoms with van der Waals surface area (Å²) in [6, 6.07) is 21.7. The highest BCUT2D eigenvalue weighted by atomic mass is 16.1. The summed E-state index contributed by atoms with van der Waals surface area (Å²) in [5.41, 5.74) is 3.09. The number of para-hydroxylation sites is 1. The lowest BCUT2D eigenvalue weighted by atomic mass is 9.85. The number of Topliss-reactive ketones (excluding diaryl/α,β-unsaturated/α-hetero) is 1. The molecule has 2 saturated heterocycles. The molecule has 0 radical (unpaired) electrons. The molecule has 0 N–H and O–H groups in total. The fourth-order valence-corrected chi connectivity index (χ4v) is 4.95. The third kappa shape index (κ3) is 3.29. The van der Waals surface area contributed by atoms with Crippen molar-refractivity contribution in [2.24, 2.45) is 5.92 Å². The van der Waals surface area contributed by atoms with Crippen LogP contribution in [0.15, 0.2) is 73.1 Å². The first kappa shape index (κ1) is 17.4. The van der Waals surface area contributed by atoms with Crippen LogP contribution < -0.4 is 0 Å². The van der Waals surface area contributed by atoms with Gasteiger partial charge in [0.2, 0.25) is 0 Å². The summed E-state index contributed by atoms with van der Waals surface area (Å²) < 4.78 is 1.80. The summed E-state index contributed by atoms with van der Waals surface area (Å²) in [4.78, 5) is 15.8. The number of nitrogens with zero attached hydrogens (tertiary/aromatic N) is 3. The molecular weight excluding hydrogens is 346 g/mol. The molecule has 5 rings (SSSR count). The Kier molecular flexibility index (Phi) is 4.57. The quantitative estimate of drug-likeness (QED) is 0.620. The molecule has 2 unspecified atom stereocenters. The third-order valence-electron chi connectivity index (χ3n) is 6.35. The Morgan fingerprint density at radius 3 is 2.25 bits per heavy atom. The minimum Gasteiger partial charge on any atom is -0.294 e. The number of ketones is 1. The van der Waals surface area contributed by atoms with Gasteiger partial charge in [-0.3, -0.25) is 9.69 Å². The van der Waals surface area contributed by atoms with Gasteiger partial charge in [0.1, 0.15) is 0 Å². The van der Waals surface area contributed by atoms with Crippen molar-refractivity contribution in [1.82, 2.24) is 14.7 Å². The molecule has 2 bridgehead atoms. The van der Waals surface area contributed by atoms with Gasteiger partial charge in [-0.1, -0.05) is 48.5 Å². The Labute approximate surface area is 165 Å². The lowest BCUT2D eigenvalue weighted by Gasteiger charge is -2.38. The normalized spacial score (nSPS) is 24.4. The first-order chi connectivity index (χ1) is 13.8. The average molecular weight is 371 g/mol. The van der Waals surface area contributed by atoms with Gasteiger partial charge in [-0.2, -0.15) is 5.10 Å². The molecule has 4 heteroatoms. The second kappa shape index (κ2) is 7.36. The number of aromatic nitrogens is 2. The van der Waals surface area contributed by atoms with Crippen molar-refractivity contribution >= 4 is 5.78 Å². The number of fused-ring (bicyclic) bond motifs is 2. The van der Waals surface area contributed by atoms with Crippen LogP contribution in [0.2, 0.25) is 0 Å². The number of hydrogen-bond donors (Lipinski definition) is 0. The first-order valence-electron chi connectivity index (χ1n) is 10.2. The molecule has 2 fully saturated rings. The average Bonchev–Trinajstić information content (AvgIpc) is 3.31. The third-order valence-corrected chi connectivity index (χ3v) is 6.35. The van der Waals surface area contributed by atoms with Crippen molar-refractivity contribution in [2.75, 3.05) is 0 Å². The zero-order chi connectivity index (χ0) is 18.9. The predicted octanol–water partition coefficient (Wildman–Crippen LogP) is 4.50. The van der Waals surface area contributed by atoms with Crippen LogP contribution in [0.5, 0.6) is 0 Å². The van der Waals surface area contributed by atoms with Crippen molar-refractivity contribution < 1.29 is 4.79 Å². The number of carbonyl (C=O) groups excluding carboxylic acids is 1. The van der Waals surface area contributed by atoms with Gasteiger partial charge >= 0.3 is 0 Å². The first-order valence-corrected chi connectivity index (χ1v) is 10.2. The largest absolute Gasteiger partial charge is 0.294 e. The van der Waals surface area contributed by atoms with E-state index in [-0.39, 0.29) is 11.7 Å². The van der Waals surface area contributed by atoms with Crippen LogP contribution in [0.25, 0.3) is 5.69 Å². The van der Waals surface area contributed by atoms with Crippen molar-refractivity contribution in [1.29, 1.82) is 0 Å². The summed E-state index contributed by atoms with van der Waals surface area (Å²) in [5.74, 6) is 0.386. The molecule has 0 saturated carbocycles. The lowest BCUT2D eigenvalue weighted by molar-refractivity contribution is 0.0678. The second-order valence-electron chi connectivity index (χ2n) is 8.08. The van der Waals surface area contributed by atoms with E-state index in [9.17, 15) is 4.79 Å². The fraction of sp³-hybridized carbons (Fsp3) is 0.333. The zero-order valence-electron chi connectivity index (χ0n) is 15.9. The summed E-state index contributed by atoms with van der Waals surface area (Å²) in [5, 5.41) is 4.41. The number of benzene rings is 2. The minimum absolute atomic E-state index is 0.123. The smallest absolute Gasteiger partial charge is 0.169 e. The van der Waals surface area contributed by atoms with Crippen LogP contribution in [0.1, 0.15) is 41.6 Å². The van der Waals surface area contributed by atoms with Gasteiger partial charge in [0.05, 0.1) is 17.4 Å². The van der Waals surface area contributed by atoms with Crippen LogP contribution in [-0.2, 0) is 6.54 Å². The Balaban J connectivity index is 1.29. The van der Waals surface area contributed by atoms with Crippen LogP contribution in [0, 0.1) is 5.92 Å². The van der Waals surface area contributed by atoms with Crippen molar-refractivity contribution in [3.63, 3.8) is 0 Å². The van der Waals surface area contributed by atoms with Gasteiger partial charge < -0.3 is 0 Å². The Morgan fingerprint density at radius 1 is 0.929 bits per heavy atom. The SMILES string of the molecule is O=C(c1cnn(-c2ccccc2)c1)C1CC2CCC(C1)N2Cc1ccccc1. The fourth-order valence-electron chi connectivity index (χ4n) is 4.95. The predicted molar refractivity (Wildman–Crippen MR) is 109 cm³/mol. The van der Waals surface area contributed by atoms with Crippen LogP contribution in [0.3, 0.4) is 0 Å². The van der Waals surface area contributed by atoms with Crippen molar-refractivity contribution in [3.8, 4) is 5.69 Å². The monoisotopic (exact) mass is 371 g/mol. The van der Waals surface area contributed by atoms with Crippen LogP contribution in [-0.4, -0.2) is 32.5 Å². The summed E-state index contributed by atoms with van der Waals surface area (Å²) in [7, 11) is 0. The van der Waals surface area contributed by atoms with Crippen LogP contribution >= 0.6 is 0 Å². The van der Waals surface area contributed by atoms with Gasteiger partial charge in [-0.15, -0.1) is 0 Å². The zero-order valence-corrected chi connectivity index (χ0v) is 15.9. The van der Waals surface area contributed by atoms with E-state index in [2.05, 4.69) is 40.3 Å². The molecule has 28 heavy (non-hydrogen) atoms. The Morgan fingerprint density at radius 2 is 1.57 bits per heavy atom. The van der Waals surface area contributed by atoms with Gasteiger partial charge in [0, 0.05) is 30.7 Å². The standard InChI is InChI=1S/C24H25N3O/c28-24(20-15-25-27(17-20)21-9-5-2-6-10-21)19-13-22-11-12-23(14-19)26(22)16-18-7-3-1-4-8-18/h1-10,15,17,19,22-23H,11-14,16H2. The van der Waals surface area contributed by atoms with Crippen molar-refractivity contribution in [3.05, 3.63) is 84.2 Å². The number of rotatable bonds is 5. The maximum absolute atomic E-state index is 13.2.